The van der Waals surface area contributed by atoms with E-state index >= 15 is 0 Å². The van der Waals surface area contributed by atoms with Crippen LogP contribution >= 0.6 is 59.1 Å². The molecule has 0 amide bonds. The molecule has 0 atom stereocenters. The van der Waals surface area contributed by atoms with Crippen molar-refractivity contribution in [1.29, 1.82) is 0 Å². The molecule has 3 N–H and O–H groups in total. The highest BCUT2D eigenvalue weighted by molar-refractivity contribution is 9.11. The average Bonchev–Trinajstić information content (AvgIpc) is 2.62. The molecule has 0 saturated carbocycles. The van der Waals surface area contributed by atoms with Crippen LogP contribution < -0.4 is 11.1 Å². The van der Waals surface area contributed by atoms with Crippen molar-refractivity contribution in [2.45, 2.75) is 6.54 Å². The SMILES string of the molecule is Nc1ccsc1CNc1c(Br)cc(Br)cc1Br. The topological polar surface area (TPSA) is 38.0 Å². The first-order valence-corrected chi connectivity index (χ1v) is 8.04. The van der Waals surface area contributed by atoms with Crippen LogP contribution in [0.15, 0.2) is 37.0 Å². The second kappa shape index (κ2) is 5.73. The van der Waals surface area contributed by atoms with Gasteiger partial charge in [-0.1, -0.05) is 15.9 Å². The van der Waals surface area contributed by atoms with Gasteiger partial charge in [-0.15, -0.1) is 11.3 Å². The third-order valence-corrected chi connectivity index (χ3v) is 4.86. The molecule has 0 saturated heterocycles. The Balaban J connectivity index is 2.17. The normalized spacial score (nSPS) is 10.5. The van der Waals surface area contributed by atoms with E-state index in [1.54, 1.807) is 11.3 Å². The molecule has 0 unspecified atom stereocenters. The summed E-state index contributed by atoms with van der Waals surface area (Å²) in [4.78, 5) is 1.15. The third-order valence-electron chi connectivity index (χ3n) is 2.21. The highest BCUT2D eigenvalue weighted by atomic mass is 79.9. The molecule has 0 fully saturated rings. The Hall–Kier alpha value is -0.0400. The summed E-state index contributed by atoms with van der Waals surface area (Å²) >= 11 is 12.2. The first-order valence-electron chi connectivity index (χ1n) is 4.78. The fraction of sp³-hybridized carbons (Fsp3) is 0.0909. The molecular formula is C11H9Br3N2S. The van der Waals surface area contributed by atoms with Gasteiger partial charge in [-0.25, -0.2) is 0 Å². The highest BCUT2D eigenvalue weighted by Crippen LogP contribution is 2.35. The Kier molecular flexibility index (Phi) is 4.52. The summed E-state index contributed by atoms with van der Waals surface area (Å²) in [6, 6.07) is 5.93. The summed E-state index contributed by atoms with van der Waals surface area (Å²) in [6.07, 6.45) is 0. The van der Waals surface area contributed by atoms with E-state index in [2.05, 4.69) is 53.1 Å². The monoisotopic (exact) mass is 438 g/mol. The first-order chi connectivity index (χ1) is 8.08. The summed E-state index contributed by atoms with van der Waals surface area (Å²) in [7, 11) is 0. The number of nitrogens with one attached hydrogen (secondary N) is 1. The second-order valence-corrected chi connectivity index (χ2v) is 7.02. The van der Waals surface area contributed by atoms with Gasteiger partial charge in [0.05, 0.1) is 12.2 Å². The molecule has 1 aromatic heterocycles. The summed E-state index contributed by atoms with van der Waals surface area (Å²) in [5, 5.41) is 5.37. The van der Waals surface area contributed by atoms with Gasteiger partial charge in [-0.3, -0.25) is 0 Å². The largest absolute Gasteiger partial charge is 0.398 e. The lowest BCUT2D eigenvalue weighted by Gasteiger charge is -2.11. The van der Waals surface area contributed by atoms with Crippen LogP contribution in [-0.2, 0) is 6.54 Å². The summed E-state index contributed by atoms with van der Waals surface area (Å²) in [6.45, 7) is 0.725. The van der Waals surface area contributed by atoms with Gasteiger partial charge in [0.25, 0.3) is 0 Å². The molecule has 1 heterocycles. The zero-order valence-electron chi connectivity index (χ0n) is 8.64. The van der Waals surface area contributed by atoms with Crippen LogP contribution in [0.1, 0.15) is 4.88 Å². The van der Waals surface area contributed by atoms with Gasteiger partial charge in [0.1, 0.15) is 0 Å². The minimum atomic E-state index is 0.725. The molecule has 2 aromatic rings. The number of nitrogens with two attached hydrogens (primary N) is 1. The van der Waals surface area contributed by atoms with E-state index < -0.39 is 0 Å². The summed E-state index contributed by atoms with van der Waals surface area (Å²) in [5.74, 6) is 0. The molecule has 2 rings (SSSR count). The summed E-state index contributed by atoms with van der Waals surface area (Å²) < 4.78 is 3.04. The molecule has 1 aromatic carbocycles. The van der Waals surface area contributed by atoms with Gasteiger partial charge >= 0.3 is 0 Å². The van der Waals surface area contributed by atoms with Crippen molar-refractivity contribution in [1.82, 2.24) is 0 Å². The number of hydrogen-bond donors (Lipinski definition) is 2. The maximum atomic E-state index is 5.84. The fourth-order valence-electron chi connectivity index (χ4n) is 1.37. The van der Waals surface area contributed by atoms with Crippen LogP contribution in [0.2, 0.25) is 0 Å². The van der Waals surface area contributed by atoms with Gasteiger partial charge < -0.3 is 11.1 Å². The third kappa shape index (κ3) is 3.24. The Bertz CT molecular complexity index is 516. The van der Waals surface area contributed by atoms with Gasteiger partial charge in [0.2, 0.25) is 0 Å². The molecule has 0 aliphatic carbocycles. The van der Waals surface area contributed by atoms with Crippen LogP contribution in [0.3, 0.4) is 0 Å². The number of benzene rings is 1. The second-order valence-electron chi connectivity index (χ2n) is 3.40. The Morgan fingerprint density at radius 3 is 2.35 bits per heavy atom. The molecule has 6 heteroatoms. The smallest absolute Gasteiger partial charge is 0.0632 e. The standard InChI is InChI=1S/C11H9Br3N2S/c12-6-3-7(13)11(8(14)4-6)16-5-10-9(15)1-2-17-10/h1-4,16H,5,15H2. The van der Waals surface area contributed by atoms with Gasteiger partial charge in [0.15, 0.2) is 0 Å². The van der Waals surface area contributed by atoms with E-state index in [4.69, 9.17) is 5.73 Å². The van der Waals surface area contributed by atoms with Crippen molar-refractivity contribution < 1.29 is 0 Å². The minimum Gasteiger partial charge on any atom is -0.398 e. The van der Waals surface area contributed by atoms with Crippen LogP contribution in [0.4, 0.5) is 11.4 Å². The van der Waals surface area contributed by atoms with Gasteiger partial charge in [-0.05, 0) is 55.4 Å². The molecule has 0 bridgehead atoms. The number of anilines is 2. The molecule has 2 nitrogen and oxygen atoms in total. The van der Waals surface area contributed by atoms with Crippen molar-refractivity contribution in [2.75, 3.05) is 11.1 Å². The van der Waals surface area contributed by atoms with Crippen molar-refractivity contribution in [3.63, 3.8) is 0 Å². The predicted octanol–water partition coefficient (Wildman–Crippen LogP) is 5.23. The fourth-order valence-corrected chi connectivity index (χ4v) is 4.65. The van der Waals surface area contributed by atoms with Crippen molar-refractivity contribution in [3.05, 3.63) is 41.9 Å². The van der Waals surface area contributed by atoms with E-state index in [0.29, 0.717) is 0 Å². The Labute approximate surface area is 129 Å². The molecule has 0 aliphatic rings. The van der Waals surface area contributed by atoms with Gasteiger partial charge in [-0.2, -0.15) is 0 Å². The van der Waals surface area contributed by atoms with Crippen molar-refractivity contribution >= 4 is 70.5 Å². The lowest BCUT2D eigenvalue weighted by molar-refractivity contribution is 1.18. The van der Waals surface area contributed by atoms with E-state index in [9.17, 15) is 0 Å². The van der Waals surface area contributed by atoms with E-state index in [1.807, 2.05) is 23.6 Å². The lowest BCUT2D eigenvalue weighted by atomic mass is 10.3. The molecule has 90 valence electrons. The van der Waals surface area contributed by atoms with Crippen molar-refractivity contribution in [2.24, 2.45) is 0 Å². The maximum Gasteiger partial charge on any atom is 0.0632 e. The zero-order valence-corrected chi connectivity index (χ0v) is 14.2. The quantitative estimate of drug-likeness (QED) is 0.685. The Morgan fingerprint density at radius 2 is 1.82 bits per heavy atom. The predicted molar refractivity (Wildman–Crippen MR) is 85.6 cm³/mol. The maximum absolute atomic E-state index is 5.84. The molecule has 17 heavy (non-hydrogen) atoms. The number of halogens is 3. The van der Waals surface area contributed by atoms with E-state index in [0.717, 1.165) is 36.2 Å². The molecular weight excluding hydrogens is 432 g/mol. The average molecular weight is 441 g/mol. The van der Waals surface area contributed by atoms with Crippen LogP contribution in [0.5, 0.6) is 0 Å². The van der Waals surface area contributed by atoms with E-state index in [-0.39, 0.29) is 0 Å². The molecule has 0 aliphatic heterocycles. The first kappa shape index (κ1) is 13.4. The number of hydrogen-bond acceptors (Lipinski definition) is 3. The zero-order chi connectivity index (χ0) is 12.4. The number of nitrogen functional groups attached to an aromatic ring is 1. The van der Waals surface area contributed by atoms with Gasteiger partial charge in [0, 0.05) is 24.0 Å². The van der Waals surface area contributed by atoms with E-state index in [1.165, 1.54) is 0 Å². The Morgan fingerprint density at radius 1 is 1.18 bits per heavy atom. The lowest BCUT2D eigenvalue weighted by Crippen LogP contribution is -2.01. The number of rotatable bonds is 3. The van der Waals surface area contributed by atoms with Crippen LogP contribution in [0.25, 0.3) is 0 Å². The molecule has 0 spiro atoms. The molecule has 0 radical (unpaired) electrons. The van der Waals surface area contributed by atoms with Crippen molar-refractivity contribution in [3.8, 4) is 0 Å². The number of thiophene rings is 1. The highest BCUT2D eigenvalue weighted by Gasteiger charge is 2.07. The van der Waals surface area contributed by atoms with Crippen LogP contribution in [-0.4, -0.2) is 0 Å². The van der Waals surface area contributed by atoms with Crippen LogP contribution in [0, 0.1) is 0 Å². The summed E-state index contributed by atoms with van der Waals surface area (Å²) in [5.41, 5.74) is 7.71. The minimum absolute atomic E-state index is 0.725.